The van der Waals surface area contributed by atoms with Crippen LogP contribution in [0.5, 0.6) is 0 Å². The van der Waals surface area contributed by atoms with Crippen molar-refractivity contribution in [1.29, 1.82) is 0 Å². The van der Waals surface area contributed by atoms with Crippen LogP contribution in [0.4, 0.5) is 5.13 Å². The maximum absolute atomic E-state index is 10.4. The molecular formula is C8H11N3NiO4S. The molecule has 9 heteroatoms. The van der Waals surface area contributed by atoms with E-state index >= 15 is 0 Å². The Morgan fingerprint density at radius 1 is 1.24 bits per heavy atom. The molecule has 0 unspecified atom stereocenters. The molecule has 1 rings (SSSR count). The number of nitrogens with zero attached hydrogens (tertiary/aromatic N) is 3. The molecule has 0 atom stereocenters. The molecule has 98 valence electrons. The smallest absolute Gasteiger partial charge is 0.305 e. The van der Waals surface area contributed by atoms with E-state index in [2.05, 4.69) is 10.2 Å². The Kier molecular flexibility index (Phi) is 7.40. The van der Waals surface area contributed by atoms with E-state index < -0.39 is 11.9 Å². The third-order valence-electron chi connectivity index (χ3n) is 1.81. The molecule has 0 fully saturated rings. The summed E-state index contributed by atoms with van der Waals surface area (Å²) in [6.45, 7) is 0.468. The first-order chi connectivity index (χ1) is 7.59. The fraction of sp³-hybridized carbons (Fsp3) is 0.500. The number of aromatic nitrogens is 2. The van der Waals surface area contributed by atoms with Gasteiger partial charge in [-0.1, -0.05) is 11.3 Å². The van der Waals surface area contributed by atoms with Gasteiger partial charge in [0.15, 0.2) is 0 Å². The molecule has 2 N–H and O–H groups in total. The quantitative estimate of drug-likeness (QED) is 0.698. The Labute approximate surface area is 111 Å². The van der Waals surface area contributed by atoms with Crippen LogP contribution >= 0.6 is 11.3 Å². The molecule has 0 aliphatic rings. The van der Waals surface area contributed by atoms with Crippen LogP contribution in [0.2, 0.25) is 0 Å². The first kappa shape index (κ1) is 15.8. The summed E-state index contributed by atoms with van der Waals surface area (Å²) in [6, 6.07) is 0. The first-order valence-electron chi connectivity index (χ1n) is 4.54. The maximum atomic E-state index is 10.4. The van der Waals surface area contributed by atoms with Crippen LogP contribution in [0.25, 0.3) is 0 Å². The van der Waals surface area contributed by atoms with E-state index in [0.29, 0.717) is 5.13 Å². The molecule has 1 aromatic heterocycles. The minimum absolute atomic E-state index is 0. The summed E-state index contributed by atoms with van der Waals surface area (Å²) in [5, 5.41) is 25.1. The van der Waals surface area contributed by atoms with Crippen LogP contribution in [0.1, 0.15) is 12.8 Å². The zero-order valence-corrected chi connectivity index (χ0v) is 10.5. The van der Waals surface area contributed by atoms with E-state index in [1.54, 1.807) is 4.90 Å². The molecule has 1 aromatic rings. The van der Waals surface area contributed by atoms with Gasteiger partial charge in [0, 0.05) is 29.6 Å². The summed E-state index contributed by atoms with van der Waals surface area (Å²) in [5.41, 5.74) is 1.52. The molecular weight excluding hydrogens is 293 g/mol. The second kappa shape index (κ2) is 7.97. The SMILES string of the molecule is O=C(O)CCN(CCC(=O)O)c1nncs1.[Ni]. The molecule has 0 aromatic carbocycles. The molecule has 0 amide bonds. The van der Waals surface area contributed by atoms with Gasteiger partial charge in [-0.2, -0.15) is 0 Å². The number of carbonyl (C=O) groups is 2. The number of carboxylic acid groups (broad SMARTS) is 2. The van der Waals surface area contributed by atoms with Gasteiger partial charge in [-0.15, -0.1) is 10.2 Å². The van der Waals surface area contributed by atoms with Crippen molar-refractivity contribution in [2.45, 2.75) is 12.8 Å². The van der Waals surface area contributed by atoms with E-state index in [0.717, 1.165) is 0 Å². The van der Waals surface area contributed by atoms with Crippen LogP contribution in [-0.2, 0) is 26.1 Å². The maximum Gasteiger partial charge on any atom is 0.305 e. The number of anilines is 1. The number of aliphatic carboxylic acids is 2. The Morgan fingerprint density at radius 2 is 1.76 bits per heavy atom. The summed E-state index contributed by atoms with van der Waals surface area (Å²) in [5.74, 6) is -1.85. The van der Waals surface area contributed by atoms with Crippen LogP contribution in [0.3, 0.4) is 0 Å². The van der Waals surface area contributed by atoms with Gasteiger partial charge in [0.05, 0.1) is 12.8 Å². The van der Waals surface area contributed by atoms with Crippen molar-refractivity contribution in [1.82, 2.24) is 10.2 Å². The van der Waals surface area contributed by atoms with E-state index in [-0.39, 0.29) is 42.4 Å². The van der Waals surface area contributed by atoms with Crippen molar-refractivity contribution in [2.24, 2.45) is 0 Å². The number of carboxylic acids is 2. The minimum Gasteiger partial charge on any atom is -0.481 e. The second-order valence-corrected chi connectivity index (χ2v) is 3.81. The summed E-state index contributed by atoms with van der Waals surface area (Å²) >= 11 is 1.25. The minimum atomic E-state index is -0.926. The van der Waals surface area contributed by atoms with Crippen LogP contribution < -0.4 is 4.90 Å². The third-order valence-corrected chi connectivity index (χ3v) is 2.56. The zero-order chi connectivity index (χ0) is 12.0. The number of rotatable bonds is 7. The number of hydrogen-bond acceptors (Lipinski definition) is 6. The summed E-state index contributed by atoms with van der Waals surface area (Å²) < 4.78 is 0. The molecule has 0 spiro atoms. The molecule has 7 nitrogen and oxygen atoms in total. The molecule has 17 heavy (non-hydrogen) atoms. The van der Waals surface area contributed by atoms with Crippen molar-refractivity contribution < 1.29 is 36.3 Å². The van der Waals surface area contributed by atoms with Gasteiger partial charge in [0.25, 0.3) is 0 Å². The van der Waals surface area contributed by atoms with Gasteiger partial charge in [-0.05, 0) is 0 Å². The topological polar surface area (TPSA) is 104 Å². The second-order valence-electron chi connectivity index (χ2n) is 3.00. The van der Waals surface area contributed by atoms with Gasteiger partial charge in [-0.3, -0.25) is 9.59 Å². The van der Waals surface area contributed by atoms with E-state index in [4.69, 9.17) is 10.2 Å². The number of hydrogen-bond donors (Lipinski definition) is 2. The fourth-order valence-electron chi connectivity index (χ4n) is 1.07. The summed E-state index contributed by atoms with van der Waals surface area (Å²) in [7, 11) is 0. The largest absolute Gasteiger partial charge is 0.481 e. The van der Waals surface area contributed by atoms with Crippen molar-refractivity contribution >= 4 is 28.4 Å². The van der Waals surface area contributed by atoms with E-state index in [1.807, 2.05) is 0 Å². The Hall–Kier alpha value is -1.21. The predicted octanol–water partition coefficient (Wildman–Crippen LogP) is 0.291. The normalized spacial score (nSPS) is 9.41. The van der Waals surface area contributed by atoms with Crippen LogP contribution in [0, 0.1) is 0 Å². The summed E-state index contributed by atoms with van der Waals surface area (Å²) in [4.78, 5) is 22.5. The standard InChI is InChI=1S/C8H11N3O4S.Ni/c12-6(13)1-3-11(4-2-7(14)15)8-10-9-5-16-8;/h5H,1-4H2,(H,12,13)(H,14,15);. The van der Waals surface area contributed by atoms with Crippen molar-refractivity contribution in [3.05, 3.63) is 5.51 Å². The zero-order valence-electron chi connectivity index (χ0n) is 8.68. The predicted molar refractivity (Wildman–Crippen MR) is 56.6 cm³/mol. The summed E-state index contributed by atoms with van der Waals surface area (Å²) in [6.07, 6.45) is -0.113. The Balaban J connectivity index is 0.00000256. The van der Waals surface area contributed by atoms with Gasteiger partial charge in [-0.25, -0.2) is 0 Å². The first-order valence-corrected chi connectivity index (χ1v) is 5.42. The van der Waals surface area contributed by atoms with Gasteiger partial charge in [0.1, 0.15) is 5.51 Å². The van der Waals surface area contributed by atoms with Crippen LogP contribution in [0.15, 0.2) is 5.51 Å². The average Bonchev–Trinajstić information content (AvgIpc) is 2.70. The Morgan fingerprint density at radius 3 is 2.12 bits per heavy atom. The van der Waals surface area contributed by atoms with Gasteiger partial charge >= 0.3 is 11.9 Å². The molecule has 0 aliphatic carbocycles. The molecule has 0 saturated heterocycles. The van der Waals surface area contributed by atoms with Gasteiger partial charge < -0.3 is 15.1 Å². The molecule has 0 radical (unpaired) electrons. The van der Waals surface area contributed by atoms with Crippen LogP contribution in [-0.4, -0.2) is 45.4 Å². The monoisotopic (exact) mass is 303 g/mol. The molecule has 1 heterocycles. The molecule has 0 bridgehead atoms. The van der Waals surface area contributed by atoms with Crippen molar-refractivity contribution in [2.75, 3.05) is 18.0 Å². The third kappa shape index (κ3) is 6.18. The Bertz CT molecular complexity index is 342. The fourth-order valence-corrected chi connectivity index (χ4v) is 1.68. The average molecular weight is 304 g/mol. The van der Waals surface area contributed by atoms with Crippen molar-refractivity contribution in [3.63, 3.8) is 0 Å². The molecule has 0 aliphatic heterocycles. The van der Waals surface area contributed by atoms with E-state index in [9.17, 15) is 9.59 Å². The molecule has 0 saturated carbocycles. The van der Waals surface area contributed by atoms with Crippen molar-refractivity contribution in [3.8, 4) is 0 Å². The van der Waals surface area contributed by atoms with E-state index in [1.165, 1.54) is 16.8 Å². The van der Waals surface area contributed by atoms with Gasteiger partial charge in [0.2, 0.25) is 5.13 Å².